The maximum absolute atomic E-state index is 13.1. The van der Waals surface area contributed by atoms with Crippen molar-refractivity contribution >= 4 is 12.0 Å². The predicted octanol–water partition coefficient (Wildman–Crippen LogP) is 3.82. The Kier molecular flexibility index (Phi) is 7.00. The van der Waals surface area contributed by atoms with E-state index in [9.17, 15) is 14.0 Å². The molecule has 0 bridgehead atoms. The minimum Gasteiger partial charge on any atom is -0.444 e. The maximum atomic E-state index is 13.1. The van der Waals surface area contributed by atoms with E-state index < -0.39 is 17.2 Å². The van der Waals surface area contributed by atoms with Gasteiger partial charge in [-0.15, -0.1) is 0 Å². The number of rotatable bonds is 7. The normalized spacial score (nSPS) is 11.8. The zero-order valence-electron chi connectivity index (χ0n) is 17.6. The number of hydrogen-bond donors (Lipinski definition) is 2. The Morgan fingerprint density at radius 3 is 2.28 bits per heavy atom. The van der Waals surface area contributed by atoms with Crippen molar-refractivity contribution in [2.75, 3.05) is 6.54 Å². The van der Waals surface area contributed by atoms with E-state index in [1.807, 2.05) is 13.8 Å². The van der Waals surface area contributed by atoms with Gasteiger partial charge in [-0.25, -0.2) is 13.9 Å². The number of aromatic nitrogens is 2. The molecule has 1 aromatic heterocycles. The van der Waals surface area contributed by atoms with Crippen LogP contribution in [0.1, 0.15) is 57.9 Å². The summed E-state index contributed by atoms with van der Waals surface area (Å²) < 4.78 is 19.9. The standard InChI is InChI=1S/C21H29FN4O3/c1-6-21(7-2,14-23-19(28)29-20(3,4)5)24-18(27)17-12-13-26(25-17)16-10-8-15(22)9-11-16/h8-13H,6-7,14H2,1-5H3,(H,23,28)(H,24,27). The molecular formula is C21H29FN4O3. The van der Waals surface area contributed by atoms with Crippen molar-refractivity contribution in [1.82, 2.24) is 20.4 Å². The zero-order chi connectivity index (χ0) is 21.7. The quantitative estimate of drug-likeness (QED) is 0.735. The molecule has 7 nitrogen and oxygen atoms in total. The summed E-state index contributed by atoms with van der Waals surface area (Å²) in [5.74, 6) is -0.687. The molecular weight excluding hydrogens is 375 g/mol. The number of hydrogen-bond acceptors (Lipinski definition) is 4. The van der Waals surface area contributed by atoms with Crippen LogP contribution in [0.4, 0.5) is 9.18 Å². The van der Waals surface area contributed by atoms with Gasteiger partial charge < -0.3 is 15.4 Å². The predicted molar refractivity (Wildman–Crippen MR) is 109 cm³/mol. The van der Waals surface area contributed by atoms with Crippen LogP contribution in [0, 0.1) is 5.82 Å². The molecule has 2 aromatic rings. The summed E-state index contributed by atoms with van der Waals surface area (Å²) in [6, 6.07) is 7.42. The lowest BCUT2D eigenvalue weighted by Crippen LogP contribution is -2.55. The summed E-state index contributed by atoms with van der Waals surface area (Å²) in [7, 11) is 0. The lowest BCUT2D eigenvalue weighted by molar-refractivity contribution is 0.0501. The van der Waals surface area contributed by atoms with Crippen molar-refractivity contribution < 1.29 is 18.7 Å². The van der Waals surface area contributed by atoms with E-state index in [0.717, 1.165) is 0 Å². The number of carbonyl (C=O) groups is 2. The first-order valence-corrected chi connectivity index (χ1v) is 9.68. The fourth-order valence-corrected chi connectivity index (χ4v) is 2.76. The van der Waals surface area contributed by atoms with Crippen LogP contribution in [-0.2, 0) is 4.74 Å². The Morgan fingerprint density at radius 2 is 1.72 bits per heavy atom. The van der Waals surface area contributed by atoms with Gasteiger partial charge >= 0.3 is 6.09 Å². The molecule has 0 fully saturated rings. The van der Waals surface area contributed by atoms with Crippen LogP contribution in [0.5, 0.6) is 0 Å². The number of carbonyl (C=O) groups excluding carboxylic acids is 2. The third-order valence-corrected chi connectivity index (χ3v) is 4.62. The second-order valence-electron chi connectivity index (χ2n) is 7.92. The van der Waals surface area contributed by atoms with Gasteiger partial charge in [-0.3, -0.25) is 4.79 Å². The number of nitrogens with one attached hydrogen (secondary N) is 2. The largest absolute Gasteiger partial charge is 0.444 e. The van der Waals surface area contributed by atoms with Crippen molar-refractivity contribution in [3.63, 3.8) is 0 Å². The van der Waals surface area contributed by atoms with E-state index >= 15 is 0 Å². The molecule has 1 heterocycles. The van der Waals surface area contributed by atoms with E-state index in [0.29, 0.717) is 18.5 Å². The lowest BCUT2D eigenvalue weighted by Gasteiger charge is -2.33. The average Bonchev–Trinajstić information content (AvgIpc) is 3.15. The Balaban J connectivity index is 2.07. The van der Waals surface area contributed by atoms with Gasteiger partial charge in [0, 0.05) is 12.7 Å². The Bertz CT molecular complexity index is 836. The summed E-state index contributed by atoms with van der Waals surface area (Å²) >= 11 is 0. The third-order valence-electron chi connectivity index (χ3n) is 4.62. The number of ether oxygens (including phenoxy) is 1. The Labute approximate surface area is 170 Å². The molecule has 2 N–H and O–H groups in total. The van der Waals surface area contributed by atoms with E-state index in [2.05, 4.69) is 15.7 Å². The van der Waals surface area contributed by atoms with E-state index in [4.69, 9.17) is 4.74 Å². The van der Waals surface area contributed by atoms with Crippen LogP contribution >= 0.6 is 0 Å². The van der Waals surface area contributed by atoms with E-state index in [-0.39, 0.29) is 24.0 Å². The molecule has 1 aromatic carbocycles. The van der Waals surface area contributed by atoms with Gasteiger partial charge in [0.05, 0.1) is 11.2 Å². The SMILES string of the molecule is CCC(CC)(CNC(=O)OC(C)(C)C)NC(=O)c1ccn(-c2ccc(F)cc2)n1. The summed E-state index contributed by atoms with van der Waals surface area (Å²) in [4.78, 5) is 24.7. The molecule has 0 aliphatic carbocycles. The highest BCUT2D eigenvalue weighted by Gasteiger charge is 2.30. The molecule has 0 saturated carbocycles. The molecule has 2 amide bonds. The smallest absolute Gasteiger partial charge is 0.407 e. The van der Waals surface area contributed by atoms with Crippen LogP contribution in [-0.4, -0.2) is 39.5 Å². The average molecular weight is 404 g/mol. The summed E-state index contributed by atoms with van der Waals surface area (Å²) in [5.41, 5.74) is -0.345. The molecule has 0 aliphatic heterocycles. The van der Waals surface area contributed by atoms with Crippen LogP contribution in [0.25, 0.3) is 5.69 Å². The Morgan fingerprint density at radius 1 is 1.10 bits per heavy atom. The molecule has 8 heteroatoms. The van der Waals surface area contributed by atoms with Gasteiger partial charge in [0.1, 0.15) is 11.4 Å². The molecule has 0 unspecified atom stereocenters. The van der Waals surface area contributed by atoms with Crippen LogP contribution < -0.4 is 10.6 Å². The van der Waals surface area contributed by atoms with Crippen LogP contribution in [0.15, 0.2) is 36.5 Å². The lowest BCUT2D eigenvalue weighted by atomic mass is 9.92. The third kappa shape index (κ3) is 6.30. The fraction of sp³-hybridized carbons (Fsp3) is 0.476. The molecule has 0 atom stereocenters. The topological polar surface area (TPSA) is 85.3 Å². The van der Waals surface area contributed by atoms with Gasteiger partial charge in [-0.2, -0.15) is 5.10 Å². The summed E-state index contributed by atoms with van der Waals surface area (Å²) in [6.07, 6.45) is 2.34. The minimum absolute atomic E-state index is 0.234. The fourth-order valence-electron chi connectivity index (χ4n) is 2.76. The molecule has 0 spiro atoms. The number of benzene rings is 1. The maximum Gasteiger partial charge on any atom is 0.407 e. The van der Waals surface area contributed by atoms with Gasteiger partial charge in [0.25, 0.3) is 5.91 Å². The van der Waals surface area contributed by atoms with Crippen molar-refractivity contribution in [3.05, 3.63) is 48.0 Å². The summed E-state index contributed by atoms with van der Waals surface area (Å²) in [6.45, 7) is 9.49. The summed E-state index contributed by atoms with van der Waals surface area (Å²) in [5, 5.41) is 10.0. The number of halogens is 1. The van der Waals surface area contributed by atoms with Gasteiger partial charge in [-0.05, 0) is 63.9 Å². The minimum atomic E-state index is -0.631. The number of nitrogens with zero attached hydrogens (tertiary/aromatic N) is 2. The molecule has 0 radical (unpaired) electrons. The van der Waals surface area contributed by atoms with Crippen LogP contribution in [0.3, 0.4) is 0 Å². The monoisotopic (exact) mass is 404 g/mol. The van der Waals surface area contributed by atoms with Crippen molar-refractivity contribution in [3.8, 4) is 5.69 Å². The Hall–Kier alpha value is -2.90. The van der Waals surface area contributed by atoms with Gasteiger partial charge in [0.15, 0.2) is 5.69 Å². The molecule has 2 rings (SSSR count). The zero-order valence-corrected chi connectivity index (χ0v) is 17.6. The molecule has 0 aliphatic rings. The highest BCUT2D eigenvalue weighted by Crippen LogP contribution is 2.16. The molecule has 158 valence electrons. The van der Waals surface area contributed by atoms with Gasteiger partial charge in [-0.1, -0.05) is 13.8 Å². The second-order valence-corrected chi connectivity index (χ2v) is 7.92. The number of alkyl carbamates (subject to hydrolysis) is 1. The van der Waals surface area contributed by atoms with E-state index in [1.165, 1.54) is 16.8 Å². The highest BCUT2D eigenvalue weighted by atomic mass is 19.1. The van der Waals surface area contributed by atoms with Crippen LogP contribution in [0.2, 0.25) is 0 Å². The van der Waals surface area contributed by atoms with Gasteiger partial charge in [0.2, 0.25) is 0 Å². The van der Waals surface area contributed by atoms with E-state index in [1.54, 1.807) is 45.2 Å². The number of amides is 2. The highest BCUT2D eigenvalue weighted by molar-refractivity contribution is 5.92. The van der Waals surface area contributed by atoms with Crippen molar-refractivity contribution in [2.24, 2.45) is 0 Å². The second kappa shape index (κ2) is 9.07. The molecule has 29 heavy (non-hydrogen) atoms. The van der Waals surface area contributed by atoms with Crippen molar-refractivity contribution in [2.45, 2.75) is 58.6 Å². The first-order valence-electron chi connectivity index (χ1n) is 9.68. The van der Waals surface area contributed by atoms with Crippen molar-refractivity contribution in [1.29, 1.82) is 0 Å². The first-order chi connectivity index (χ1) is 13.6. The first kappa shape index (κ1) is 22.4. The molecule has 0 saturated heterocycles.